The Balaban J connectivity index is 2.63. The van der Waals surface area contributed by atoms with Gasteiger partial charge in [0, 0.05) is 28.9 Å². The topological polar surface area (TPSA) is 67.0 Å². The minimum atomic E-state index is -3.56. The van der Waals surface area contributed by atoms with Crippen molar-refractivity contribution in [3.8, 4) is 0 Å². The van der Waals surface area contributed by atoms with Crippen LogP contribution in [0.1, 0.15) is 24.2 Å². The van der Waals surface area contributed by atoms with Crippen molar-refractivity contribution in [1.82, 2.24) is 4.98 Å². The van der Waals surface area contributed by atoms with E-state index in [0.717, 1.165) is 6.26 Å². The average molecular weight is 283 g/mol. The second-order valence-electron chi connectivity index (χ2n) is 5.00. The number of Topliss-reactive ketones (excluding diaryl/α,β-unsaturated/α-hetero) is 1. The number of sulfone groups is 1. The first-order valence-electron chi connectivity index (χ1n) is 5.65. The van der Waals surface area contributed by atoms with Gasteiger partial charge in [-0.05, 0) is 32.0 Å². The number of hydrogen-bond acceptors (Lipinski definition) is 3. The fourth-order valence-electron chi connectivity index (χ4n) is 1.77. The van der Waals surface area contributed by atoms with Crippen molar-refractivity contribution in [2.45, 2.75) is 18.6 Å². The molecular formula is C13H14FNO3S. The van der Waals surface area contributed by atoms with Gasteiger partial charge < -0.3 is 4.98 Å². The first kappa shape index (κ1) is 13.7. The number of hydrogen-bond donors (Lipinski definition) is 1. The van der Waals surface area contributed by atoms with E-state index in [4.69, 9.17) is 0 Å². The van der Waals surface area contributed by atoms with Crippen molar-refractivity contribution in [3.63, 3.8) is 0 Å². The lowest BCUT2D eigenvalue weighted by molar-refractivity contribution is 0.0956. The number of benzene rings is 1. The monoisotopic (exact) mass is 283 g/mol. The van der Waals surface area contributed by atoms with E-state index in [2.05, 4.69) is 4.98 Å². The number of halogens is 1. The molecule has 1 aromatic heterocycles. The van der Waals surface area contributed by atoms with Gasteiger partial charge in [-0.3, -0.25) is 4.79 Å². The number of ketones is 1. The molecular weight excluding hydrogens is 269 g/mol. The molecule has 0 unspecified atom stereocenters. The van der Waals surface area contributed by atoms with Crippen LogP contribution in [0, 0.1) is 5.82 Å². The van der Waals surface area contributed by atoms with Crippen LogP contribution in [0.5, 0.6) is 0 Å². The zero-order valence-corrected chi connectivity index (χ0v) is 11.6. The predicted molar refractivity (Wildman–Crippen MR) is 71.5 cm³/mol. The molecule has 0 saturated carbocycles. The largest absolute Gasteiger partial charge is 0.360 e. The molecule has 102 valence electrons. The SMILES string of the molecule is CC(C)(C(=O)c1c[nH]c2ccc(F)cc12)S(C)(=O)=O. The van der Waals surface area contributed by atoms with Gasteiger partial charge in [0.05, 0.1) is 0 Å². The van der Waals surface area contributed by atoms with E-state index in [1.807, 2.05) is 0 Å². The van der Waals surface area contributed by atoms with E-state index in [9.17, 15) is 17.6 Å². The normalized spacial score (nSPS) is 12.8. The molecule has 6 heteroatoms. The van der Waals surface area contributed by atoms with Gasteiger partial charge in [0.15, 0.2) is 15.6 Å². The summed E-state index contributed by atoms with van der Waals surface area (Å²) >= 11 is 0. The summed E-state index contributed by atoms with van der Waals surface area (Å²) in [5.74, 6) is -1.02. The summed E-state index contributed by atoms with van der Waals surface area (Å²) in [5.41, 5.74) is 0.777. The maximum Gasteiger partial charge on any atom is 0.185 e. The number of aromatic amines is 1. The van der Waals surface area contributed by atoms with Crippen LogP contribution < -0.4 is 0 Å². The molecule has 0 amide bonds. The zero-order chi connectivity index (χ0) is 14.4. The highest BCUT2D eigenvalue weighted by Gasteiger charge is 2.39. The van der Waals surface area contributed by atoms with Crippen LogP contribution in [0.15, 0.2) is 24.4 Å². The van der Waals surface area contributed by atoms with Gasteiger partial charge in [-0.15, -0.1) is 0 Å². The number of rotatable bonds is 3. The predicted octanol–water partition coefficient (Wildman–Crippen LogP) is 2.31. The van der Waals surface area contributed by atoms with Crippen molar-refractivity contribution < 1.29 is 17.6 Å². The highest BCUT2D eigenvalue weighted by atomic mass is 32.2. The van der Waals surface area contributed by atoms with Crippen molar-refractivity contribution >= 4 is 26.5 Å². The number of carbonyl (C=O) groups is 1. The lowest BCUT2D eigenvalue weighted by atomic mass is 10.00. The van der Waals surface area contributed by atoms with E-state index in [1.54, 1.807) is 0 Å². The molecule has 0 aliphatic heterocycles. The van der Waals surface area contributed by atoms with Gasteiger partial charge in [0.1, 0.15) is 10.6 Å². The Kier molecular flexibility index (Phi) is 3.01. The fourth-order valence-corrected chi connectivity index (χ4v) is 2.22. The first-order valence-corrected chi connectivity index (χ1v) is 7.55. The van der Waals surface area contributed by atoms with E-state index in [0.29, 0.717) is 10.9 Å². The maximum absolute atomic E-state index is 13.2. The van der Waals surface area contributed by atoms with Crippen LogP contribution in [-0.4, -0.2) is 30.2 Å². The quantitative estimate of drug-likeness (QED) is 0.879. The van der Waals surface area contributed by atoms with Crippen LogP contribution in [0.3, 0.4) is 0 Å². The number of carbonyl (C=O) groups excluding carboxylic acids is 1. The van der Waals surface area contributed by atoms with Crippen molar-refractivity contribution in [2.75, 3.05) is 6.26 Å². The fraction of sp³-hybridized carbons (Fsp3) is 0.308. The molecule has 1 aromatic carbocycles. The van der Waals surface area contributed by atoms with Crippen molar-refractivity contribution in [2.24, 2.45) is 0 Å². The average Bonchev–Trinajstić information content (AvgIpc) is 2.69. The van der Waals surface area contributed by atoms with Crippen LogP contribution in [0.2, 0.25) is 0 Å². The summed E-state index contributed by atoms with van der Waals surface area (Å²) in [5, 5.41) is 0.390. The lowest BCUT2D eigenvalue weighted by Gasteiger charge is -2.20. The molecule has 2 rings (SSSR count). The number of aromatic nitrogens is 1. The summed E-state index contributed by atoms with van der Waals surface area (Å²) in [4.78, 5) is 15.2. The van der Waals surface area contributed by atoms with E-state index < -0.39 is 26.2 Å². The molecule has 4 nitrogen and oxygen atoms in total. The van der Waals surface area contributed by atoms with E-state index in [1.165, 1.54) is 38.2 Å². The first-order chi connectivity index (χ1) is 8.64. The van der Waals surface area contributed by atoms with Crippen molar-refractivity contribution in [1.29, 1.82) is 0 Å². The summed E-state index contributed by atoms with van der Waals surface area (Å²) in [6, 6.07) is 4.00. The molecule has 2 aromatic rings. The molecule has 19 heavy (non-hydrogen) atoms. The second kappa shape index (κ2) is 4.16. The number of fused-ring (bicyclic) bond motifs is 1. The van der Waals surface area contributed by atoms with Gasteiger partial charge in [-0.2, -0.15) is 0 Å². The molecule has 0 spiro atoms. The second-order valence-corrected chi connectivity index (χ2v) is 7.57. The Morgan fingerprint density at radius 3 is 2.53 bits per heavy atom. The molecule has 0 radical (unpaired) electrons. The maximum atomic E-state index is 13.2. The molecule has 0 atom stereocenters. The lowest BCUT2D eigenvalue weighted by Crippen LogP contribution is -2.39. The Morgan fingerprint density at radius 1 is 1.32 bits per heavy atom. The Hall–Kier alpha value is -1.69. The van der Waals surface area contributed by atoms with Gasteiger partial charge in [0.25, 0.3) is 0 Å². The van der Waals surface area contributed by atoms with Gasteiger partial charge in [-0.25, -0.2) is 12.8 Å². The smallest absolute Gasteiger partial charge is 0.185 e. The Morgan fingerprint density at radius 2 is 1.95 bits per heavy atom. The van der Waals surface area contributed by atoms with Crippen LogP contribution in [0.25, 0.3) is 10.9 Å². The van der Waals surface area contributed by atoms with Gasteiger partial charge in [0.2, 0.25) is 0 Å². The summed E-state index contributed by atoms with van der Waals surface area (Å²) in [6.07, 6.45) is 2.43. The van der Waals surface area contributed by atoms with E-state index >= 15 is 0 Å². The molecule has 0 saturated heterocycles. The van der Waals surface area contributed by atoms with Crippen LogP contribution in [-0.2, 0) is 9.84 Å². The third-order valence-electron chi connectivity index (χ3n) is 3.36. The summed E-state index contributed by atoms with van der Waals surface area (Å²) in [7, 11) is -3.56. The third kappa shape index (κ3) is 2.16. The highest BCUT2D eigenvalue weighted by molar-refractivity contribution is 7.92. The molecule has 0 aliphatic rings. The number of nitrogens with one attached hydrogen (secondary N) is 1. The summed E-state index contributed by atoms with van der Waals surface area (Å²) in [6.45, 7) is 2.70. The molecule has 1 heterocycles. The molecule has 0 bridgehead atoms. The number of H-pyrrole nitrogens is 1. The molecule has 0 aliphatic carbocycles. The van der Waals surface area contributed by atoms with Crippen molar-refractivity contribution in [3.05, 3.63) is 35.8 Å². The zero-order valence-electron chi connectivity index (χ0n) is 10.8. The minimum Gasteiger partial charge on any atom is -0.360 e. The van der Waals surface area contributed by atoms with Crippen LogP contribution in [0.4, 0.5) is 4.39 Å². The molecule has 0 fully saturated rings. The Bertz CT molecular complexity index is 759. The van der Waals surface area contributed by atoms with Crippen LogP contribution >= 0.6 is 0 Å². The van der Waals surface area contributed by atoms with Gasteiger partial charge >= 0.3 is 0 Å². The standard InChI is InChI=1S/C13H14FNO3S/c1-13(2,19(3,17)18)12(16)10-7-15-11-5-4-8(14)6-9(10)11/h4-7,15H,1-3H3. The van der Waals surface area contributed by atoms with Gasteiger partial charge in [-0.1, -0.05) is 0 Å². The Labute approximate surface area is 110 Å². The highest BCUT2D eigenvalue weighted by Crippen LogP contribution is 2.27. The minimum absolute atomic E-state index is 0.185. The van der Waals surface area contributed by atoms with E-state index in [-0.39, 0.29) is 5.56 Å². The summed E-state index contributed by atoms with van der Waals surface area (Å²) < 4.78 is 35.1. The third-order valence-corrected chi connectivity index (χ3v) is 5.40. The molecule has 1 N–H and O–H groups in total.